The second kappa shape index (κ2) is 9.56. The Morgan fingerprint density at radius 2 is 1.67 bits per heavy atom. The van der Waals surface area contributed by atoms with E-state index in [1.54, 1.807) is 11.9 Å². The summed E-state index contributed by atoms with van der Waals surface area (Å²) in [4.78, 5) is 12.5. The first-order chi connectivity index (χ1) is 7.04. The summed E-state index contributed by atoms with van der Waals surface area (Å²) in [6.45, 7) is 12.2. The topological polar surface area (TPSA) is 29.5 Å². The summed E-state index contributed by atoms with van der Waals surface area (Å²) in [6.07, 6.45) is 1.25. The minimum atomic E-state index is 0.0168. The van der Waals surface area contributed by atoms with Crippen LogP contribution < -0.4 is 0 Å². The smallest absolute Gasteiger partial charge is 0.264 e. The van der Waals surface area contributed by atoms with Crippen molar-refractivity contribution < 1.29 is 9.53 Å². The van der Waals surface area contributed by atoms with E-state index in [0.29, 0.717) is 0 Å². The molecule has 0 aromatic heterocycles. The number of nitrogens with zero attached hydrogens (tertiary/aromatic N) is 1. The van der Waals surface area contributed by atoms with Crippen molar-refractivity contribution in [1.82, 2.24) is 4.90 Å². The Balaban J connectivity index is 0. The van der Waals surface area contributed by atoms with Crippen LogP contribution in [0.3, 0.4) is 0 Å². The van der Waals surface area contributed by atoms with E-state index in [-0.39, 0.29) is 12.5 Å². The molecule has 1 aliphatic heterocycles. The molecular weight excluding hydrogens is 190 g/mol. The Kier molecular flexibility index (Phi) is 10.5. The summed E-state index contributed by atoms with van der Waals surface area (Å²) < 4.78 is 5.06. The highest BCUT2D eigenvalue weighted by molar-refractivity contribution is 5.79. The maximum Gasteiger partial charge on any atom is 0.264 e. The molecule has 0 aromatic rings. The molecule has 1 aliphatic rings. The first kappa shape index (κ1) is 16.4. The number of carbonyl (C=O) groups is 1. The summed E-state index contributed by atoms with van der Waals surface area (Å²) in [6, 6.07) is 0. The Bertz CT molecular complexity index is 210. The highest BCUT2D eigenvalue weighted by atomic mass is 16.5. The van der Waals surface area contributed by atoms with Crippen molar-refractivity contribution in [2.75, 3.05) is 13.7 Å². The van der Waals surface area contributed by atoms with Crippen LogP contribution in [0.15, 0.2) is 11.5 Å². The third-order valence-electron chi connectivity index (χ3n) is 1.80. The van der Waals surface area contributed by atoms with Crippen LogP contribution >= 0.6 is 0 Å². The SMILES string of the molecule is CC.CC1=C(C)N(C)C(=O)CO1.CCC. The van der Waals surface area contributed by atoms with Gasteiger partial charge in [0.1, 0.15) is 5.76 Å². The molecule has 0 saturated carbocycles. The van der Waals surface area contributed by atoms with Crippen LogP contribution in [-0.4, -0.2) is 24.5 Å². The molecule has 0 radical (unpaired) electrons. The van der Waals surface area contributed by atoms with E-state index in [1.165, 1.54) is 6.42 Å². The fraction of sp³-hybridized carbons (Fsp3) is 0.750. The molecule has 0 saturated heterocycles. The normalized spacial score (nSPS) is 14.6. The molecule has 1 heterocycles. The van der Waals surface area contributed by atoms with Gasteiger partial charge in [0.25, 0.3) is 5.91 Å². The van der Waals surface area contributed by atoms with Crippen molar-refractivity contribution in [3.8, 4) is 0 Å². The van der Waals surface area contributed by atoms with Gasteiger partial charge < -0.3 is 9.64 Å². The molecule has 1 amide bonds. The molecule has 0 unspecified atom stereocenters. The van der Waals surface area contributed by atoms with E-state index in [2.05, 4.69) is 13.8 Å². The molecule has 0 spiro atoms. The first-order valence-corrected chi connectivity index (χ1v) is 5.61. The van der Waals surface area contributed by atoms with Gasteiger partial charge in [-0.3, -0.25) is 4.79 Å². The van der Waals surface area contributed by atoms with Gasteiger partial charge >= 0.3 is 0 Å². The van der Waals surface area contributed by atoms with Crippen LogP contribution in [0.2, 0.25) is 0 Å². The Hall–Kier alpha value is -0.990. The van der Waals surface area contributed by atoms with Gasteiger partial charge in [-0.25, -0.2) is 0 Å². The molecule has 0 fully saturated rings. The summed E-state index contributed by atoms with van der Waals surface area (Å²) in [5, 5.41) is 0. The Labute approximate surface area is 94.1 Å². The third kappa shape index (κ3) is 6.15. The van der Waals surface area contributed by atoms with Crippen molar-refractivity contribution in [1.29, 1.82) is 0 Å². The molecular formula is C12H25NO2. The molecule has 15 heavy (non-hydrogen) atoms. The summed E-state index contributed by atoms with van der Waals surface area (Å²) in [7, 11) is 1.75. The van der Waals surface area contributed by atoms with Crippen LogP contribution in [0.25, 0.3) is 0 Å². The van der Waals surface area contributed by atoms with Gasteiger partial charge in [-0.2, -0.15) is 0 Å². The molecule has 3 nitrogen and oxygen atoms in total. The monoisotopic (exact) mass is 215 g/mol. The highest BCUT2D eigenvalue weighted by Gasteiger charge is 2.18. The van der Waals surface area contributed by atoms with Gasteiger partial charge in [0.15, 0.2) is 6.61 Å². The molecule has 0 N–H and O–H groups in total. The zero-order valence-corrected chi connectivity index (χ0v) is 11.2. The zero-order valence-electron chi connectivity index (χ0n) is 11.2. The predicted molar refractivity (Wildman–Crippen MR) is 64.4 cm³/mol. The third-order valence-corrected chi connectivity index (χ3v) is 1.80. The average Bonchev–Trinajstić information content (AvgIpc) is 2.25. The lowest BCUT2D eigenvalue weighted by atomic mass is 10.3. The van der Waals surface area contributed by atoms with Crippen LogP contribution in [0.5, 0.6) is 0 Å². The van der Waals surface area contributed by atoms with Crippen LogP contribution in [0, 0.1) is 0 Å². The number of allylic oxidation sites excluding steroid dienone is 2. The van der Waals surface area contributed by atoms with Crippen molar-refractivity contribution >= 4 is 5.91 Å². The molecule has 3 heteroatoms. The summed E-state index contributed by atoms with van der Waals surface area (Å²) in [5.41, 5.74) is 0.899. The first-order valence-electron chi connectivity index (χ1n) is 5.61. The van der Waals surface area contributed by atoms with Crippen molar-refractivity contribution in [3.63, 3.8) is 0 Å². The molecule has 0 aliphatic carbocycles. The fourth-order valence-corrected chi connectivity index (χ4v) is 0.794. The van der Waals surface area contributed by atoms with Gasteiger partial charge in [-0.1, -0.05) is 34.1 Å². The number of carbonyl (C=O) groups excluding carboxylic acids is 1. The van der Waals surface area contributed by atoms with E-state index in [4.69, 9.17) is 4.74 Å². The van der Waals surface area contributed by atoms with Gasteiger partial charge in [-0.05, 0) is 13.8 Å². The second-order valence-electron chi connectivity index (χ2n) is 3.09. The van der Waals surface area contributed by atoms with E-state index in [1.807, 2.05) is 27.7 Å². The van der Waals surface area contributed by atoms with Crippen molar-refractivity contribution in [2.24, 2.45) is 0 Å². The maximum absolute atomic E-state index is 10.9. The van der Waals surface area contributed by atoms with Gasteiger partial charge in [0.2, 0.25) is 0 Å². The molecule has 1 rings (SSSR count). The standard InChI is InChI=1S/C7H11NO2.C3H8.C2H6/c1-5-6(2)10-4-7(9)8(5)3;1-3-2;1-2/h4H2,1-3H3;3H2,1-2H3;1-2H3. The zero-order chi connectivity index (χ0) is 12.4. The van der Waals surface area contributed by atoms with E-state index >= 15 is 0 Å². The van der Waals surface area contributed by atoms with Crippen LogP contribution in [0.1, 0.15) is 48.0 Å². The number of hydrogen-bond donors (Lipinski definition) is 0. The van der Waals surface area contributed by atoms with E-state index in [0.717, 1.165) is 11.5 Å². The lowest BCUT2D eigenvalue weighted by Gasteiger charge is -2.25. The number of hydrogen-bond acceptors (Lipinski definition) is 2. The number of ether oxygens (including phenoxy) is 1. The number of amides is 1. The second-order valence-corrected chi connectivity index (χ2v) is 3.09. The molecule has 0 aromatic carbocycles. The minimum absolute atomic E-state index is 0.0168. The van der Waals surface area contributed by atoms with Gasteiger partial charge in [0, 0.05) is 7.05 Å². The molecule has 0 atom stereocenters. The average molecular weight is 215 g/mol. The lowest BCUT2D eigenvalue weighted by molar-refractivity contribution is -0.134. The summed E-state index contributed by atoms with van der Waals surface area (Å²) in [5.74, 6) is 0.852. The van der Waals surface area contributed by atoms with Gasteiger partial charge in [-0.15, -0.1) is 0 Å². The van der Waals surface area contributed by atoms with Gasteiger partial charge in [0.05, 0.1) is 5.70 Å². The van der Waals surface area contributed by atoms with Crippen molar-refractivity contribution in [2.45, 2.75) is 48.0 Å². The Morgan fingerprint density at radius 1 is 1.27 bits per heavy atom. The Morgan fingerprint density at radius 3 is 2.00 bits per heavy atom. The number of likely N-dealkylation sites (N-methyl/N-ethyl adjacent to an activating group) is 1. The van der Waals surface area contributed by atoms with E-state index < -0.39 is 0 Å². The maximum atomic E-state index is 10.9. The fourth-order valence-electron chi connectivity index (χ4n) is 0.794. The highest BCUT2D eigenvalue weighted by Crippen LogP contribution is 2.14. The summed E-state index contributed by atoms with van der Waals surface area (Å²) >= 11 is 0. The van der Waals surface area contributed by atoms with E-state index in [9.17, 15) is 4.79 Å². The van der Waals surface area contributed by atoms with Crippen LogP contribution in [-0.2, 0) is 9.53 Å². The minimum Gasteiger partial charge on any atom is -0.487 e. The predicted octanol–water partition coefficient (Wildman–Crippen LogP) is 3.17. The van der Waals surface area contributed by atoms with Crippen LogP contribution in [0.4, 0.5) is 0 Å². The largest absolute Gasteiger partial charge is 0.487 e. The molecule has 0 bridgehead atoms. The quantitative estimate of drug-likeness (QED) is 0.621. The van der Waals surface area contributed by atoms with Crippen molar-refractivity contribution in [3.05, 3.63) is 11.5 Å². The lowest BCUT2D eigenvalue weighted by Crippen LogP contribution is -2.33. The molecule has 90 valence electrons. The number of rotatable bonds is 0.